The number of aromatic amines is 1. The van der Waals surface area contributed by atoms with Crippen LogP contribution in [0.25, 0.3) is 10.9 Å². The van der Waals surface area contributed by atoms with Gasteiger partial charge in [0.1, 0.15) is 11.9 Å². The molecule has 9 heteroatoms. The van der Waals surface area contributed by atoms with Crippen LogP contribution in [0, 0.1) is 10.6 Å². The van der Waals surface area contributed by atoms with Crippen molar-refractivity contribution in [2.75, 3.05) is 7.05 Å². The molecule has 2 aromatic carbocycles. The molecule has 0 aliphatic heterocycles. The first-order valence-electron chi connectivity index (χ1n) is 8.25. The number of benzene rings is 2. The van der Waals surface area contributed by atoms with Gasteiger partial charge in [-0.15, -0.1) is 0 Å². The third kappa shape index (κ3) is 3.44. The number of carbonyl (C=O) groups excluding carboxylic acids is 2. The zero-order valence-corrected chi connectivity index (χ0v) is 15.9. The van der Waals surface area contributed by atoms with Crippen molar-refractivity contribution in [3.05, 3.63) is 74.5 Å². The van der Waals surface area contributed by atoms with Crippen LogP contribution in [0.3, 0.4) is 0 Å². The number of halogens is 1. The smallest absolute Gasteiger partial charge is 0.261 e. The van der Waals surface area contributed by atoms with Crippen LogP contribution in [0.2, 0.25) is 0 Å². The lowest BCUT2D eigenvalue weighted by atomic mass is 10.0. The van der Waals surface area contributed by atoms with Gasteiger partial charge in [-0.05, 0) is 48.1 Å². The maximum absolute atomic E-state index is 13.6. The molecular weight excluding hydrogens is 383 g/mol. The molecule has 7 nitrogen and oxygen atoms in total. The molecule has 3 rings (SSSR count). The predicted octanol–water partition coefficient (Wildman–Crippen LogP) is 2.03. The summed E-state index contributed by atoms with van der Waals surface area (Å²) in [5.74, 6) is -1.86. The minimum Gasteiger partial charge on any atom is -0.368 e. The highest BCUT2D eigenvalue weighted by Gasteiger charge is 2.28. The number of likely N-dealkylation sites (N-methyl/N-ethyl adjacent to an activating group) is 1. The molecule has 1 unspecified atom stereocenters. The number of aromatic nitrogens is 2. The van der Waals surface area contributed by atoms with Crippen molar-refractivity contribution in [3.8, 4) is 0 Å². The fourth-order valence-corrected chi connectivity index (χ4v) is 3.21. The summed E-state index contributed by atoms with van der Waals surface area (Å²) in [6.07, 6.45) is 0. The van der Waals surface area contributed by atoms with E-state index in [1.165, 1.54) is 48.0 Å². The van der Waals surface area contributed by atoms with E-state index in [-0.39, 0.29) is 21.5 Å². The van der Waals surface area contributed by atoms with Crippen LogP contribution in [0.4, 0.5) is 4.39 Å². The second-order valence-electron chi connectivity index (χ2n) is 6.33. The molecule has 2 amide bonds. The number of H-pyrrole nitrogens is 1. The van der Waals surface area contributed by atoms with Gasteiger partial charge >= 0.3 is 0 Å². The van der Waals surface area contributed by atoms with Crippen molar-refractivity contribution in [3.63, 3.8) is 0 Å². The number of nitrogens with one attached hydrogen (secondary N) is 1. The average Bonchev–Trinajstić information content (AvgIpc) is 2.65. The quantitative estimate of drug-likeness (QED) is 0.655. The van der Waals surface area contributed by atoms with E-state index in [0.717, 1.165) is 11.0 Å². The Kier molecular flexibility index (Phi) is 5.10. The molecule has 0 spiro atoms. The molecule has 1 heterocycles. The molecule has 1 atom stereocenters. The van der Waals surface area contributed by atoms with Gasteiger partial charge in [0.25, 0.3) is 11.5 Å². The predicted molar refractivity (Wildman–Crippen MR) is 105 cm³/mol. The summed E-state index contributed by atoms with van der Waals surface area (Å²) in [4.78, 5) is 41.2. The van der Waals surface area contributed by atoms with E-state index >= 15 is 0 Å². The summed E-state index contributed by atoms with van der Waals surface area (Å²) in [6.45, 7) is 0. The van der Waals surface area contributed by atoms with E-state index in [9.17, 15) is 18.8 Å². The fraction of sp³-hybridized carbons (Fsp3) is 0.158. The first-order chi connectivity index (χ1) is 13.2. The van der Waals surface area contributed by atoms with Crippen LogP contribution in [-0.2, 0) is 11.8 Å². The Morgan fingerprint density at radius 1 is 1.25 bits per heavy atom. The first kappa shape index (κ1) is 19.4. The van der Waals surface area contributed by atoms with Gasteiger partial charge in [-0.1, -0.05) is 12.1 Å². The molecule has 0 aliphatic rings. The Bertz CT molecular complexity index is 1220. The molecule has 3 N–H and O–H groups in total. The highest BCUT2D eigenvalue weighted by molar-refractivity contribution is 7.71. The monoisotopic (exact) mass is 400 g/mol. The number of hydrogen-bond acceptors (Lipinski definition) is 4. The third-order valence-electron chi connectivity index (χ3n) is 4.49. The van der Waals surface area contributed by atoms with Crippen molar-refractivity contribution in [1.29, 1.82) is 0 Å². The zero-order chi connectivity index (χ0) is 20.6. The van der Waals surface area contributed by atoms with Crippen LogP contribution < -0.4 is 11.3 Å². The Hall–Kier alpha value is -3.33. The molecule has 0 aliphatic carbocycles. The van der Waals surface area contributed by atoms with E-state index in [1.54, 1.807) is 7.05 Å². The molecule has 0 saturated heterocycles. The number of fused-ring (bicyclic) bond motifs is 1. The van der Waals surface area contributed by atoms with Gasteiger partial charge in [0, 0.05) is 19.7 Å². The van der Waals surface area contributed by atoms with Crippen molar-refractivity contribution in [2.45, 2.75) is 6.04 Å². The van der Waals surface area contributed by atoms with Gasteiger partial charge in [-0.25, -0.2) is 4.39 Å². The summed E-state index contributed by atoms with van der Waals surface area (Å²) >= 11 is 5.10. The second kappa shape index (κ2) is 7.35. The Morgan fingerprint density at radius 3 is 2.61 bits per heavy atom. The maximum atomic E-state index is 13.6. The largest absolute Gasteiger partial charge is 0.368 e. The van der Waals surface area contributed by atoms with Crippen molar-refractivity contribution >= 4 is 34.9 Å². The van der Waals surface area contributed by atoms with E-state index in [1.807, 2.05) is 0 Å². The van der Waals surface area contributed by atoms with Crippen LogP contribution in [0.5, 0.6) is 0 Å². The molecule has 0 fully saturated rings. The van der Waals surface area contributed by atoms with E-state index in [0.29, 0.717) is 10.9 Å². The Balaban J connectivity index is 2.04. The molecule has 0 bridgehead atoms. The summed E-state index contributed by atoms with van der Waals surface area (Å²) in [7, 11) is 2.95. The van der Waals surface area contributed by atoms with Crippen LogP contribution in [-0.4, -0.2) is 33.3 Å². The lowest BCUT2D eigenvalue weighted by molar-refractivity contribution is -0.122. The first-order valence-corrected chi connectivity index (χ1v) is 8.66. The number of carbonyl (C=O) groups is 2. The summed E-state index contributed by atoms with van der Waals surface area (Å²) in [5.41, 5.74) is 6.05. The molecular formula is C19H17FN4O3S. The standard InChI is InChI=1S/C19H17FN4O3S/c1-23(15(16(21)25)10-4-3-5-12(20)8-10)17(26)11-6-7-13-14(9-11)22-19(28)24(2)18(13)27/h3-9,15H,1-2H3,(H2,21,25)(H,22,28). The molecule has 28 heavy (non-hydrogen) atoms. The number of amides is 2. The number of nitrogens with two attached hydrogens (primary N) is 1. The highest BCUT2D eigenvalue weighted by atomic mass is 32.1. The molecule has 144 valence electrons. The van der Waals surface area contributed by atoms with Gasteiger partial charge in [-0.2, -0.15) is 0 Å². The topological polar surface area (TPSA) is 101 Å². The minimum atomic E-state index is -1.15. The van der Waals surface area contributed by atoms with Crippen molar-refractivity contribution < 1.29 is 14.0 Å². The Morgan fingerprint density at radius 2 is 1.96 bits per heavy atom. The van der Waals surface area contributed by atoms with Crippen molar-refractivity contribution in [2.24, 2.45) is 12.8 Å². The average molecular weight is 400 g/mol. The SMILES string of the molecule is CN(C(=O)c1ccc2c(=O)n(C)c(=S)[nH]c2c1)C(C(N)=O)c1cccc(F)c1. The van der Waals surface area contributed by atoms with E-state index in [2.05, 4.69) is 4.98 Å². The van der Waals surface area contributed by atoms with Gasteiger partial charge in [0.15, 0.2) is 4.77 Å². The van der Waals surface area contributed by atoms with Crippen LogP contribution in [0.1, 0.15) is 22.0 Å². The van der Waals surface area contributed by atoms with Gasteiger partial charge in [-0.3, -0.25) is 19.0 Å². The second-order valence-corrected chi connectivity index (χ2v) is 6.72. The van der Waals surface area contributed by atoms with Crippen LogP contribution >= 0.6 is 12.2 Å². The molecule has 0 saturated carbocycles. The zero-order valence-electron chi connectivity index (χ0n) is 15.1. The number of nitrogens with zero attached hydrogens (tertiary/aromatic N) is 2. The normalized spacial score (nSPS) is 12.0. The number of rotatable bonds is 4. The Labute approximate surface area is 164 Å². The summed E-state index contributed by atoms with van der Waals surface area (Å²) < 4.78 is 15.1. The molecule has 3 aromatic rings. The molecule has 1 aromatic heterocycles. The summed E-state index contributed by atoms with van der Waals surface area (Å²) in [5, 5.41) is 0.367. The molecule has 0 radical (unpaired) electrons. The third-order valence-corrected chi connectivity index (χ3v) is 4.87. The van der Waals surface area contributed by atoms with E-state index in [4.69, 9.17) is 18.0 Å². The van der Waals surface area contributed by atoms with Gasteiger partial charge < -0.3 is 15.6 Å². The lowest BCUT2D eigenvalue weighted by Crippen LogP contribution is -2.39. The minimum absolute atomic E-state index is 0.213. The fourth-order valence-electron chi connectivity index (χ4n) is 3.02. The number of hydrogen-bond donors (Lipinski definition) is 2. The highest BCUT2D eigenvalue weighted by Crippen LogP contribution is 2.23. The van der Waals surface area contributed by atoms with Gasteiger partial charge in [0.05, 0.1) is 10.9 Å². The number of primary amides is 1. The maximum Gasteiger partial charge on any atom is 0.261 e. The van der Waals surface area contributed by atoms with Gasteiger partial charge in [0.2, 0.25) is 5.91 Å². The lowest BCUT2D eigenvalue weighted by Gasteiger charge is -2.26. The van der Waals surface area contributed by atoms with Crippen molar-refractivity contribution in [1.82, 2.24) is 14.5 Å². The van der Waals surface area contributed by atoms with E-state index < -0.39 is 23.7 Å². The summed E-state index contributed by atoms with van der Waals surface area (Å²) in [6, 6.07) is 8.65. The van der Waals surface area contributed by atoms with Crippen LogP contribution in [0.15, 0.2) is 47.3 Å².